The second-order valence-electron chi connectivity index (χ2n) is 5.78. The van der Waals surface area contributed by atoms with Gasteiger partial charge in [0.1, 0.15) is 5.76 Å². The first-order chi connectivity index (χ1) is 9.63. The average Bonchev–Trinajstić information content (AvgIpc) is 3.19. The van der Waals surface area contributed by atoms with Crippen molar-refractivity contribution in [1.82, 2.24) is 15.0 Å². The van der Waals surface area contributed by atoms with Gasteiger partial charge in [-0.1, -0.05) is 16.8 Å². The Labute approximate surface area is 123 Å². The molecule has 1 aromatic rings. The molecule has 1 saturated heterocycles. The van der Waals surface area contributed by atoms with Crippen LogP contribution in [0.5, 0.6) is 0 Å². The molecule has 1 saturated carbocycles. The van der Waals surface area contributed by atoms with E-state index in [1.165, 1.54) is 12.8 Å². The maximum Gasteiger partial charge on any atom is 0.223 e. The van der Waals surface area contributed by atoms with E-state index in [0.29, 0.717) is 29.8 Å². The summed E-state index contributed by atoms with van der Waals surface area (Å²) in [5.74, 6) is 0.869. The number of carbonyl (C=O) groups excluding carboxylic acids is 1. The number of halogens is 1. The number of hydrogen-bond acceptors (Lipinski definition) is 4. The van der Waals surface area contributed by atoms with Crippen LogP contribution in [0, 0.1) is 0 Å². The van der Waals surface area contributed by atoms with Gasteiger partial charge in [0.05, 0.1) is 0 Å². The Morgan fingerprint density at radius 3 is 2.90 bits per heavy atom. The molecule has 1 aliphatic carbocycles. The minimum Gasteiger partial charge on any atom is -0.360 e. The van der Waals surface area contributed by atoms with Crippen molar-refractivity contribution in [1.29, 1.82) is 0 Å². The summed E-state index contributed by atoms with van der Waals surface area (Å²) in [5.41, 5.74) is 0. The Hall–Kier alpha value is -1.07. The predicted octanol–water partition coefficient (Wildman–Crippen LogP) is 1.96. The second-order valence-corrected chi connectivity index (χ2v) is 6.17. The molecule has 3 rings (SSSR count). The van der Waals surface area contributed by atoms with Crippen LogP contribution in [0.2, 0.25) is 5.15 Å². The molecule has 20 heavy (non-hydrogen) atoms. The summed E-state index contributed by atoms with van der Waals surface area (Å²) in [7, 11) is 0. The van der Waals surface area contributed by atoms with E-state index in [2.05, 4.69) is 17.0 Å². The van der Waals surface area contributed by atoms with Crippen LogP contribution >= 0.6 is 11.6 Å². The zero-order valence-corrected chi connectivity index (χ0v) is 12.5. The van der Waals surface area contributed by atoms with Gasteiger partial charge >= 0.3 is 0 Å². The number of nitrogens with zero attached hydrogens (tertiary/aromatic N) is 3. The van der Waals surface area contributed by atoms with E-state index in [0.717, 1.165) is 25.7 Å². The molecule has 0 radical (unpaired) electrons. The number of rotatable bonds is 4. The summed E-state index contributed by atoms with van der Waals surface area (Å²) in [6.45, 7) is 4.99. The number of amides is 1. The summed E-state index contributed by atoms with van der Waals surface area (Å²) in [4.78, 5) is 16.8. The predicted molar refractivity (Wildman–Crippen MR) is 75.6 cm³/mol. The summed E-state index contributed by atoms with van der Waals surface area (Å²) in [6, 6.07) is 2.75. The van der Waals surface area contributed by atoms with Crippen LogP contribution in [-0.4, -0.2) is 52.6 Å². The molecule has 2 fully saturated rings. The topological polar surface area (TPSA) is 49.6 Å². The first-order valence-electron chi connectivity index (χ1n) is 7.28. The molecule has 1 aliphatic heterocycles. The largest absolute Gasteiger partial charge is 0.360 e. The van der Waals surface area contributed by atoms with Gasteiger partial charge in [-0.3, -0.25) is 9.69 Å². The summed E-state index contributed by atoms with van der Waals surface area (Å²) in [6.07, 6.45) is 3.67. The number of carbonyl (C=O) groups is 1. The molecular formula is C14H20ClN3O2. The monoisotopic (exact) mass is 297 g/mol. The number of aryl methyl sites for hydroxylation is 1. The van der Waals surface area contributed by atoms with Crippen molar-refractivity contribution in [2.24, 2.45) is 0 Å². The summed E-state index contributed by atoms with van der Waals surface area (Å²) < 4.78 is 5.02. The number of hydrogen-bond donors (Lipinski definition) is 0. The van der Waals surface area contributed by atoms with Gasteiger partial charge in [-0.05, 0) is 19.8 Å². The fourth-order valence-corrected chi connectivity index (χ4v) is 3.06. The van der Waals surface area contributed by atoms with Gasteiger partial charge in [-0.2, -0.15) is 0 Å². The lowest BCUT2D eigenvalue weighted by molar-refractivity contribution is -0.135. The molecule has 0 spiro atoms. The second kappa shape index (κ2) is 5.74. The number of piperazine rings is 1. The van der Waals surface area contributed by atoms with Crippen molar-refractivity contribution in [3.05, 3.63) is 17.0 Å². The Morgan fingerprint density at radius 1 is 1.50 bits per heavy atom. The fourth-order valence-electron chi connectivity index (χ4n) is 2.91. The highest BCUT2D eigenvalue weighted by atomic mass is 35.5. The van der Waals surface area contributed by atoms with Crippen molar-refractivity contribution in [3.8, 4) is 0 Å². The van der Waals surface area contributed by atoms with E-state index in [1.54, 1.807) is 6.07 Å². The minimum atomic E-state index is 0.195. The van der Waals surface area contributed by atoms with Crippen molar-refractivity contribution in [2.75, 3.05) is 19.6 Å². The summed E-state index contributed by atoms with van der Waals surface area (Å²) in [5, 5.41) is 3.96. The highest BCUT2D eigenvalue weighted by Crippen LogP contribution is 2.29. The first kappa shape index (κ1) is 13.9. The van der Waals surface area contributed by atoms with Gasteiger partial charge < -0.3 is 9.42 Å². The highest BCUT2D eigenvalue weighted by Gasteiger charge is 2.35. The summed E-state index contributed by atoms with van der Waals surface area (Å²) >= 11 is 5.69. The van der Waals surface area contributed by atoms with Crippen molar-refractivity contribution in [3.63, 3.8) is 0 Å². The molecule has 0 aromatic carbocycles. The lowest BCUT2D eigenvalue weighted by Gasteiger charge is -2.40. The molecule has 0 bridgehead atoms. The van der Waals surface area contributed by atoms with E-state index >= 15 is 0 Å². The highest BCUT2D eigenvalue weighted by molar-refractivity contribution is 6.29. The lowest BCUT2D eigenvalue weighted by Crippen LogP contribution is -2.54. The average molecular weight is 298 g/mol. The van der Waals surface area contributed by atoms with Gasteiger partial charge in [-0.25, -0.2) is 0 Å². The van der Waals surface area contributed by atoms with Gasteiger partial charge in [0, 0.05) is 50.6 Å². The smallest absolute Gasteiger partial charge is 0.223 e. The standard InChI is InChI=1S/C14H20ClN3O2/c1-10-9-17(11-2-3-11)6-7-18(10)14(19)5-4-12-8-13(15)16-20-12/h8,10-11H,2-7,9H2,1H3. The zero-order valence-electron chi connectivity index (χ0n) is 11.7. The zero-order chi connectivity index (χ0) is 14.1. The molecule has 2 aliphatic rings. The lowest BCUT2D eigenvalue weighted by atomic mass is 10.1. The molecule has 0 N–H and O–H groups in total. The van der Waals surface area contributed by atoms with Crippen molar-refractivity contribution >= 4 is 17.5 Å². The third-order valence-electron chi connectivity index (χ3n) is 4.16. The molecular weight excluding hydrogens is 278 g/mol. The van der Waals surface area contributed by atoms with E-state index in [1.807, 2.05) is 4.90 Å². The van der Waals surface area contributed by atoms with Crippen LogP contribution in [0.25, 0.3) is 0 Å². The molecule has 2 heterocycles. The maximum atomic E-state index is 12.3. The van der Waals surface area contributed by atoms with Crippen molar-refractivity contribution in [2.45, 2.75) is 44.7 Å². The molecule has 6 heteroatoms. The quantitative estimate of drug-likeness (QED) is 0.852. The van der Waals surface area contributed by atoms with Gasteiger partial charge in [-0.15, -0.1) is 0 Å². The first-order valence-corrected chi connectivity index (χ1v) is 7.66. The Bertz CT molecular complexity index is 487. The molecule has 1 atom stereocenters. The molecule has 1 amide bonds. The van der Waals surface area contributed by atoms with Crippen molar-refractivity contribution < 1.29 is 9.32 Å². The van der Waals surface area contributed by atoms with E-state index in [4.69, 9.17) is 16.1 Å². The third-order valence-corrected chi connectivity index (χ3v) is 4.34. The van der Waals surface area contributed by atoms with Crippen LogP contribution in [-0.2, 0) is 11.2 Å². The Balaban J connectivity index is 1.49. The van der Waals surface area contributed by atoms with Gasteiger partial charge in [0.15, 0.2) is 5.15 Å². The Morgan fingerprint density at radius 2 is 2.30 bits per heavy atom. The Kier molecular flexibility index (Phi) is 3.98. The minimum absolute atomic E-state index is 0.195. The van der Waals surface area contributed by atoms with Crippen LogP contribution in [0.4, 0.5) is 0 Å². The molecule has 5 nitrogen and oxygen atoms in total. The van der Waals surface area contributed by atoms with Crippen LogP contribution in [0.15, 0.2) is 10.6 Å². The number of aromatic nitrogens is 1. The van der Waals surface area contributed by atoms with E-state index < -0.39 is 0 Å². The van der Waals surface area contributed by atoms with Gasteiger partial charge in [0.2, 0.25) is 5.91 Å². The van der Waals surface area contributed by atoms with E-state index in [-0.39, 0.29) is 5.91 Å². The normalized spacial score (nSPS) is 24.1. The van der Waals surface area contributed by atoms with Gasteiger partial charge in [0.25, 0.3) is 0 Å². The molecule has 1 aromatic heterocycles. The third kappa shape index (κ3) is 3.15. The van der Waals surface area contributed by atoms with Crippen LogP contribution in [0.3, 0.4) is 0 Å². The van der Waals surface area contributed by atoms with E-state index in [9.17, 15) is 4.79 Å². The SMILES string of the molecule is CC1CN(C2CC2)CCN1C(=O)CCc1cc(Cl)no1. The fraction of sp³-hybridized carbons (Fsp3) is 0.714. The molecule has 110 valence electrons. The van der Waals surface area contributed by atoms with Crippen LogP contribution in [0.1, 0.15) is 31.9 Å². The maximum absolute atomic E-state index is 12.3. The van der Waals surface area contributed by atoms with Crippen LogP contribution < -0.4 is 0 Å². The molecule has 1 unspecified atom stereocenters.